The fourth-order valence-electron chi connectivity index (χ4n) is 3.75. The number of pyridine rings is 1. The third-order valence-corrected chi connectivity index (χ3v) is 6.63. The molecule has 3 rings (SSSR count). The van der Waals surface area contributed by atoms with Gasteiger partial charge in [-0.3, -0.25) is 4.79 Å². The number of rotatable bonds is 7. The van der Waals surface area contributed by atoms with Crippen molar-refractivity contribution in [3.05, 3.63) is 58.7 Å². The zero-order chi connectivity index (χ0) is 24.8. The van der Waals surface area contributed by atoms with Crippen LogP contribution >= 0.6 is 11.8 Å². The van der Waals surface area contributed by atoms with Crippen molar-refractivity contribution in [2.24, 2.45) is 5.73 Å². The maximum Gasteiger partial charge on any atom is 0.247 e. The van der Waals surface area contributed by atoms with Gasteiger partial charge in [0, 0.05) is 36.5 Å². The zero-order valence-electron chi connectivity index (χ0n) is 18.7. The van der Waals surface area contributed by atoms with E-state index in [1.54, 1.807) is 0 Å². The molecule has 3 N–H and O–H groups in total. The average molecular weight is 483 g/mol. The van der Waals surface area contributed by atoms with Crippen LogP contribution in [0.25, 0.3) is 0 Å². The lowest BCUT2D eigenvalue weighted by Gasteiger charge is -2.32. The Labute approximate surface area is 201 Å². The third-order valence-electron chi connectivity index (χ3n) is 5.61. The molecule has 1 aromatic carbocycles. The Bertz CT molecular complexity index is 1200. The molecule has 0 aliphatic carbocycles. The van der Waals surface area contributed by atoms with Crippen LogP contribution in [0.1, 0.15) is 42.0 Å². The predicted molar refractivity (Wildman–Crippen MR) is 127 cm³/mol. The van der Waals surface area contributed by atoms with E-state index in [9.17, 15) is 24.1 Å². The van der Waals surface area contributed by atoms with E-state index in [2.05, 4.69) is 29.0 Å². The minimum atomic E-state index is -0.792. The van der Waals surface area contributed by atoms with Crippen molar-refractivity contribution in [1.82, 2.24) is 4.98 Å². The minimum absolute atomic E-state index is 0.000509. The number of nitrogens with zero attached hydrogens (tertiary/aromatic N) is 4. The lowest BCUT2D eigenvalue weighted by molar-refractivity contribution is -0.111. The highest BCUT2D eigenvalue weighted by Gasteiger charge is 2.25. The summed E-state index contributed by atoms with van der Waals surface area (Å²) in [5.74, 6) is -1.66. The van der Waals surface area contributed by atoms with Gasteiger partial charge in [0.15, 0.2) is 0 Å². The summed E-state index contributed by atoms with van der Waals surface area (Å²) >= 11 is 1.09. The van der Waals surface area contributed by atoms with Gasteiger partial charge < -0.3 is 16.0 Å². The van der Waals surface area contributed by atoms with Crippen LogP contribution < -0.4 is 16.0 Å². The fourth-order valence-corrected chi connectivity index (χ4v) is 4.73. The molecule has 7 nitrogen and oxygen atoms in total. The Balaban J connectivity index is 1.95. The Morgan fingerprint density at radius 3 is 2.56 bits per heavy atom. The van der Waals surface area contributed by atoms with Gasteiger partial charge in [0.05, 0.1) is 16.8 Å². The van der Waals surface area contributed by atoms with Crippen LogP contribution in [-0.2, 0) is 17.0 Å². The van der Waals surface area contributed by atoms with Crippen LogP contribution in [0.3, 0.4) is 0 Å². The molecule has 1 fully saturated rings. The summed E-state index contributed by atoms with van der Waals surface area (Å²) in [4.78, 5) is 18.0. The molecule has 0 bridgehead atoms. The maximum absolute atomic E-state index is 14.6. The topological polar surface area (TPSA) is 119 Å². The van der Waals surface area contributed by atoms with Gasteiger partial charge >= 0.3 is 0 Å². The number of thioether (sulfide) groups is 1. The molecule has 2 aromatic rings. The first-order valence-corrected chi connectivity index (χ1v) is 11.7. The highest BCUT2D eigenvalue weighted by atomic mass is 32.2. The number of nitriles is 2. The van der Waals surface area contributed by atoms with E-state index < -0.39 is 17.5 Å². The van der Waals surface area contributed by atoms with Crippen molar-refractivity contribution >= 4 is 29.2 Å². The van der Waals surface area contributed by atoms with E-state index in [-0.39, 0.29) is 28.6 Å². The molecule has 1 aliphatic heterocycles. The van der Waals surface area contributed by atoms with Crippen LogP contribution in [0.15, 0.2) is 29.8 Å². The van der Waals surface area contributed by atoms with E-state index in [4.69, 9.17) is 5.73 Å². The van der Waals surface area contributed by atoms with Crippen molar-refractivity contribution in [1.29, 1.82) is 10.5 Å². The fraction of sp³-hybridized carbons (Fsp3) is 0.333. The first kappa shape index (κ1) is 25.2. The molecule has 1 saturated heterocycles. The molecule has 0 spiro atoms. The first-order chi connectivity index (χ1) is 16.3. The van der Waals surface area contributed by atoms with Crippen LogP contribution in [0, 0.1) is 34.3 Å². The highest BCUT2D eigenvalue weighted by molar-refractivity contribution is 7.98. The van der Waals surface area contributed by atoms with E-state index >= 15 is 0 Å². The number of aromatic nitrogens is 1. The molecular weight excluding hydrogens is 458 g/mol. The van der Waals surface area contributed by atoms with Gasteiger partial charge in [-0.2, -0.15) is 10.5 Å². The zero-order valence-corrected chi connectivity index (χ0v) is 19.5. The number of nitrogens with one attached hydrogen (secondary N) is 1. The molecule has 1 aromatic heterocycles. The first-order valence-electron chi connectivity index (χ1n) is 10.7. The van der Waals surface area contributed by atoms with Gasteiger partial charge in [0.25, 0.3) is 0 Å². The van der Waals surface area contributed by atoms with E-state index in [1.807, 2.05) is 11.8 Å². The summed E-state index contributed by atoms with van der Waals surface area (Å²) in [6.45, 7) is 6.41. The molecule has 34 heavy (non-hydrogen) atoms. The monoisotopic (exact) mass is 482 g/mol. The Kier molecular flexibility index (Phi) is 8.21. The number of halogens is 2. The van der Waals surface area contributed by atoms with Gasteiger partial charge in [-0.15, -0.1) is 11.8 Å². The molecule has 176 valence electrons. The van der Waals surface area contributed by atoms with Crippen molar-refractivity contribution in [2.45, 2.75) is 43.0 Å². The molecular formula is C24H24F2N6OS. The molecule has 2 heterocycles. The summed E-state index contributed by atoms with van der Waals surface area (Å²) in [7, 11) is 0. The number of benzene rings is 1. The lowest BCUT2D eigenvalue weighted by atomic mass is 10.00. The van der Waals surface area contributed by atoms with Crippen molar-refractivity contribution in [3.63, 3.8) is 0 Å². The van der Waals surface area contributed by atoms with E-state index in [1.165, 1.54) is 0 Å². The Morgan fingerprint density at radius 2 is 1.97 bits per heavy atom. The standard InChI is InChI=1S/C24H24F2N6OS/c1-3-16-17(11-27)23(32-7-5-15(29)6-8-32)31-24(18(16)12-28)34-13-14-9-20(26)21(10-19(14)25)30-22(33)4-2/h4,9-10,15H,2-3,5-8,13,29H2,1H3,(H,30,33). The van der Waals surface area contributed by atoms with Gasteiger partial charge in [0.2, 0.25) is 5.91 Å². The summed E-state index contributed by atoms with van der Waals surface area (Å²) < 4.78 is 29.0. The normalized spacial score (nSPS) is 13.8. The second kappa shape index (κ2) is 11.1. The highest BCUT2D eigenvalue weighted by Crippen LogP contribution is 2.35. The average Bonchev–Trinajstić information content (AvgIpc) is 2.84. The number of hydrogen-bond donors (Lipinski definition) is 2. The number of piperidine rings is 1. The quantitative estimate of drug-likeness (QED) is 0.452. The van der Waals surface area contributed by atoms with Crippen LogP contribution in [0.4, 0.5) is 20.3 Å². The van der Waals surface area contributed by atoms with Gasteiger partial charge in [0.1, 0.15) is 34.6 Å². The smallest absolute Gasteiger partial charge is 0.247 e. The van der Waals surface area contributed by atoms with Gasteiger partial charge in [-0.1, -0.05) is 13.5 Å². The third kappa shape index (κ3) is 5.36. The summed E-state index contributed by atoms with van der Waals surface area (Å²) in [5, 5.41) is 22.2. The van der Waals surface area contributed by atoms with Crippen LogP contribution in [0.5, 0.6) is 0 Å². The SMILES string of the molecule is C=CC(=O)Nc1cc(F)c(CSc2nc(N3CCC(N)CC3)c(C#N)c(CC)c2C#N)cc1F. The van der Waals surface area contributed by atoms with Crippen LogP contribution in [-0.4, -0.2) is 30.0 Å². The van der Waals surface area contributed by atoms with Gasteiger partial charge in [-0.25, -0.2) is 13.8 Å². The molecule has 1 amide bonds. The maximum atomic E-state index is 14.6. The van der Waals surface area contributed by atoms with E-state index in [0.29, 0.717) is 41.5 Å². The van der Waals surface area contributed by atoms with Crippen molar-refractivity contribution < 1.29 is 13.6 Å². The van der Waals surface area contributed by atoms with Gasteiger partial charge in [-0.05, 0) is 37.0 Å². The number of hydrogen-bond acceptors (Lipinski definition) is 7. The summed E-state index contributed by atoms with van der Waals surface area (Å²) in [6, 6.07) is 6.33. The summed E-state index contributed by atoms with van der Waals surface area (Å²) in [5.41, 5.74) is 6.98. The molecule has 0 atom stereocenters. The molecule has 0 saturated carbocycles. The number of carbonyl (C=O) groups excluding carboxylic acids is 1. The Morgan fingerprint density at radius 1 is 1.29 bits per heavy atom. The number of amides is 1. The largest absolute Gasteiger partial charge is 0.355 e. The van der Waals surface area contributed by atoms with Crippen molar-refractivity contribution in [2.75, 3.05) is 23.3 Å². The molecule has 1 aliphatic rings. The minimum Gasteiger partial charge on any atom is -0.355 e. The molecule has 0 unspecified atom stereocenters. The predicted octanol–water partition coefficient (Wildman–Crippen LogP) is 4.01. The van der Waals surface area contributed by atoms with E-state index in [0.717, 1.165) is 42.8 Å². The van der Waals surface area contributed by atoms with Crippen LogP contribution in [0.2, 0.25) is 0 Å². The Hall–Kier alpha value is -3.47. The second-order valence-corrected chi connectivity index (χ2v) is 8.74. The second-order valence-electron chi connectivity index (χ2n) is 7.78. The molecule has 0 radical (unpaired) electrons. The number of anilines is 2. The lowest BCUT2D eigenvalue weighted by Crippen LogP contribution is -2.40. The number of carbonyl (C=O) groups is 1. The number of nitrogens with two attached hydrogens (primary N) is 1. The summed E-state index contributed by atoms with van der Waals surface area (Å²) in [6.07, 6.45) is 2.92. The molecule has 10 heteroatoms. The van der Waals surface area contributed by atoms with Crippen molar-refractivity contribution in [3.8, 4) is 12.1 Å².